The van der Waals surface area contributed by atoms with Crippen molar-refractivity contribution in [1.82, 2.24) is 0 Å². The largest absolute Gasteiger partial charge is 0.462 e. The average molecular weight is 1150 g/mol. The molecule has 0 aromatic carbocycles. The fraction of sp³-hybridized carbons (Fsp3) is 0.649. The van der Waals surface area contributed by atoms with E-state index in [1.807, 2.05) is 6.08 Å². The fourth-order valence-corrected chi connectivity index (χ4v) is 9.28. The maximum absolute atomic E-state index is 12.9. The molecule has 0 saturated carbocycles. The van der Waals surface area contributed by atoms with E-state index in [0.717, 1.165) is 103 Å². The molecule has 0 aromatic rings. The summed E-state index contributed by atoms with van der Waals surface area (Å²) in [6, 6.07) is 0. The third-order valence-electron chi connectivity index (χ3n) is 14.3. The quantitative estimate of drug-likeness (QED) is 0.0261. The van der Waals surface area contributed by atoms with Crippen LogP contribution in [0, 0.1) is 0 Å². The highest BCUT2D eigenvalue weighted by atomic mass is 16.6. The Morgan fingerprint density at radius 3 is 0.880 bits per heavy atom. The molecule has 0 aliphatic carbocycles. The molecular weight excluding hydrogens is 1020 g/mol. The SMILES string of the molecule is CC/C=C\C/C=C\C/C=C\C/C=C\C/C=C\C/C=C\CCCCC(=O)OC(COC(=O)C/C=C\C/C=C\C/C=C\C/C=C\C/C=C\CC)COC(=O)CCCCCCCCCCCCCCCCCCC/C=C\CCCCCCCCCC. The van der Waals surface area contributed by atoms with Crippen molar-refractivity contribution in [2.45, 2.75) is 309 Å². The molecule has 0 rings (SSSR count). The number of ether oxygens (including phenoxy) is 3. The number of allylic oxidation sites excluding steroid dienone is 23. The molecule has 83 heavy (non-hydrogen) atoms. The van der Waals surface area contributed by atoms with Crippen LogP contribution in [0.2, 0.25) is 0 Å². The standard InChI is InChI=1S/C77H126O6/c1-4-7-10-13-16-19-22-25-28-30-32-34-35-36-37-38-39-40-41-43-44-46-49-52-55-58-61-64-67-70-76(79)82-73-74(72-81-75(78)69-66-63-60-57-54-51-48-27-24-21-18-15-12-9-6-3)83-77(80)71-68-65-62-59-56-53-50-47-45-42-33-31-29-26-23-20-17-14-11-8-5-2/h8-9,11-12,17-18,20-21,26-27,29-30,32-33,42,47-48,50,54,56-57,59,63,66,74H,4-7,10,13-16,19,22-25,28,31,34-41,43-46,49,51-53,55,58,60-62,64-65,67-73H2,1-3H3/b11-8-,12-9-,20-17-,21-18-,29-26-,32-30-,42-33-,48-27-,50-47-,57-54-,59-56-,66-63-. The van der Waals surface area contributed by atoms with Gasteiger partial charge < -0.3 is 14.2 Å². The molecule has 0 saturated heterocycles. The summed E-state index contributed by atoms with van der Waals surface area (Å²) in [5, 5.41) is 0. The van der Waals surface area contributed by atoms with Gasteiger partial charge in [-0.2, -0.15) is 0 Å². The Balaban J connectivity index is 4.41. The van der Waals surface area contributed by atoms with Gasteiger partial charge in [0.25, 0.3) is 0 Å². The summed E-state index contributed by atoms with van der Waals surface area (Å²) in [6.07, 6.45) is 101. The van der Waals surface area contributed by atoms with Crippen LogP contribution in [-0.2, 0) is 28.6 Å². The average Bonchev–Trinajstić information content (AvgIpc) is 3.49. The fourth-order valence-electron chi connectivity index (χ4n) is 9.28. The molecule has 1 atom stereocenters. The highest BCUT2D eigenvalue weighted by Crippen LogP contribution is 2.16. The van der Waals surface area contributed by atoms with E-state index >= 15 is 0 Å². The van der Waals surface area contributed by atoms with Crippen molar-refractivity contribution in [3.8, 4) is 0 Å². The summed E-state index contributed by atoms with van der Waals surface area (Å²) in [6.45, 7) is 6.30. The molecule has 0 heterocycles. The van der Waals surface area contributed by atoms with Crippen LogP contribution in [0.4, 0.5) is 0 Å². The Hall–Kier alpha value is -4.71. The first-order valence-corrected chi connectivity index (χ1v) is 34.3. The van der Waals surface area contributed by atoms with Crippen molar-refractivity contribution in [3.63, 3.8) is 0 Å². The van der Waals surface area contributed by atoms with Crippen molar-refractivity contribution in [2.24, 2.45) is 0 Å². The smallest absolute Gasteiger partial charge is 0.309 e. The van der Waals surface area contributed by atoms with E-state index in [1.54, 1.807) is 6.08 Å². The van der Waals surface area contributed by atoms with Gasteiger partial charge in [-0.15, -0.1) is 0 Å². The number of hydrogen-bond acceptors (Lipinski definition) is 6. The van der Waals surface area contributed by atoms with E-state index in [4.69, 9.17) is 14.2 Å². The number of rotatable bonds is 61. The van der Waals surface area contributed by atoms with Gasteiger partial charge in [-0.1, -0.05) is 308 Å². The van der Waals surface area contributed by atoms with Crippen LogP contribution in [0.3, 0.4) is 0 Å². The maximum atomic E-state index is 12.9. The molecule has 0 radical (unpaired) electrons. The van der Waals surface area contributed by atoms with Crippen molar-refractivity contribution in [2.75, 3.05) is 13.2 Å². The molecule has 0 fully saturated rings. The summed E-state index contributed by atoms with van der Waals surface area (Å²) in [4.78, 5) is 38.3. The first kappa shape index (κ1) is 78.3. The van der Waals surface area contributed by atoms with Gasteiger partial charge in [0.05, 0.1) is 6.42 Å². The van der Waals surface area contributed by atoms with E-state index in [1.165, 1.54) is 154 Å². The number of esters is 3. The zero-order chi connectivity index (χ0) is 59.9. The monoisotopic (exact) mass is 1150 g/mol. The van der Waals surface area contributed by atoms with Gasteiger partial charge in [0, 0.05) is 12.8 Å². The second-order valence-electron chi connectivity index (χ2n) is 22.3. The van der Waals surface area contributed by atoms with Crippen molar-refractivity contribution < 1.29 is 28.6 Å². The molecule has 0 amide bonds. The lowest BCUT2D eigenvalue weighted by molar-refractivity contribution is -0.166. The van der Waals surface area contributed by atoms with Gasteiger partial charge in [-0.05, 0) is 122 Å². The lowest BCUT2D eigenvalue weighted by atomic mass is 10.0. The van der Waals surface area contributed by atoms with Gasteiger partial charge in [0.1, 0.15) is 13.2 Å². The van der Waals surface area contributed by atoms with Crippen LogP contribution in [0.25, 0.3) is 0 Å². The lowest BCUT2D eigenvalue weighted by Crippen LogP contribution is -2.30. The lowest BCUT2D eigenvalue weighted by Gasteiger charge is -2.18. The summed E-state index contributed by atoms with van der Waals surface area (Å²) in [7, 11) is 0. The molecular formula is C77H126O6. The van der Waals surface area contributed by atoms with Crippen LogP contribution in [0.1, 0.15) is 303 Å². The highest BCUT2D eigenvalue weighted by molar-refractivity contribution is 5.72. The number of hydrogen-bond donors (Lipinski definition) is 0. The Morgan fingerprint density at radius 2 is 0.518 bits per heavy atom. The Bertz CT molecular complexity index is 1800. The first-order chi connectivity index (χ1) is 41.0. The predicted octanol–water partition coefficient (Wildman–Crippen LogP) is 23.9. The molecule has 0 aliphatic heterocycles. The Kier molecular flexibility index (Phi) is 65.8. The Labute approximate surface area is 512 Å². The molecule has 0 aliphatic rings. The van der Waals surface area contributed by atoms with E-state index in [2.05, 4.69) is 154 Å². The van der Waals surface area contributed by atoms with Crippen molar-refractivity contribution >= 4 is 17.9 Å². The van der Waals surface area contributed by atoms with Crippen LogP contribution >= 0.6 is 0 Å². The van der Waals surface area contributed by atoms with Gasteiger partial charge in [-0.25, -0.2) is 0 Å². The minimum atomic E-state index is -0.848. The van der Waals surface area contributed by atoms with Crippen LogP contribution in [-0.4, -0.2) is 37.2 Å². The predicted molar refractivity (Wildman–Crippen MR) is 362 cm³/mol. The van der Waals surface area contributed by atoms with Gasteiger partial charge in [0.15, 0.2) is 6.10 Å². The van der Waals surface area contributed by atoms with Crippen molar-refractivity contribution in [1.29, 1.82) is 0 Å². The second kappa shape index (κ2) is 69.8. The molecule has 0 aromatic heterocycles. The highest BCUT2D eigenvalue weighted by Gasteiger charge is 2.19. The zero-order valence-corrected chi connectivity index (χ0v) is 53.9. The van der Waals surface area contributed by atoms with E-state index < -0.39 is 12.1 Å². The Morgan fingerprint density at radius 1 is 0.265 bits per heavy atom. The van der Waals surface area contributed by atoms with Crippen LogP contribution < -0.4 is 0 Å². The summed E-state index contributed by atoms with van der Waals surface area (Å²) >= 11 is 0. The third kappa shape index (κ3) is 68.0. The molecule has 0 spiro atoms. The van der Waals surface area contributed by atoms with Gasteiger partial charge in [0.2, 0.25) is 0 Å². The normalized spacial score (nSPS) is 13.0. The topological polar surface area (TPSA) is 78.9 Å². The van der Waals surface area contributed by atoms with Crippen LogP contribution in [0.5, 0.6) is 0 Å². The molecule has 6 heteroatoms. The summed E-state index contributed by atoms with van der Waals surface area (Å²) in [5.74, 6) is -1.10. The minimum Gasteiger partial charge on any atom is -0.462 e. The number of carbonyl (C=O) groups is 3. The molecule has 0 N–H and O–H groups in total. The van der Waals surface area contributed by atoms with E-state index in [0.29, 0.717) is 12.8 Å². The number of carbonyl (C=O) groups excluding carboxylic acids is 3. The van der Waals surface area contributed by atoms with E-state index in [-0.39, 0.29) is 38.0 Å². The van der Waals surface area contributed by atoms with E-state index in [9.17, 15) is 14.4 Å². The minimum absolute atomic E-state index is 0.112. The van der Waals surface area contributed by atoms with Gasteiger partial charge in [-0.3, -0.25) is 14.4 Å². The second-order valence-corrected chi connectivity index (χ2v) is 22.3. The molecule has 470 valence electrons. The maximum Gasteiger partial charge on any atom is 0.309 e. The first-order valence-electron chi connectivity index (χ1n) is 34.3. The summed E-state index contributed by atoms with van der Waals surface area (Å²) < 4.78 is 16.8. The zero-order valence-electron chi connectivity index (χ0n) is 53.9. The molecule has 6 nitrogen and oxygen atoms in total. The van der Waals surface area contributed by atoms with Crippen LogP contribution in [0.15, 0.2) is 146 Å². The molecule has 0 bridgehead atoms. The van der Waals surface area contributed by atoms with Crippen molar-refractivity contribution in [3.05, 3.63) is 146 Å². The summed E-state index contributed by atoms with van der Waals surface area (Å²) in [5.41, 5.74) is 0. The third-order valence-corrected chi connectivity index (χ3v) is 14.3. The number of unbranched alkanes of at least 4 members (excludes halogenated alkanes) is 27. The van der Waals surface area contributed by atoms with Gasteiger partial charge >= 0.3 is 17.9 Å². The molecule has 1 unspecified atom stereocenters.